The van der Waals surface area contributed by atoms with E-state index in [1.165, 1.54) is 96.3 Å². The molecule has 0 aromatic rings. The maximum absolute atomic E-state index is 12.8. The quantitative estimate of drug-likeness (QED) is 0.0262. The molecule has 0 aliphatic heterocycles. The van der Waals surface area contributed by atoms with Crippen molar-refractivity contribution >= 4 is 17.9 Å². The van der Waals surface area contributed by atoms with E-state index in [0.717, 1.165) is 103 Å². The van der Waals surface area contributed by atoms with E-state index in [1.807, 2.05) is 0 Å². The van der Waals surface area contributed by atoms with E-state index in [-0.39, 0.29) is 37.5 Å². The molecular formula is C60H100O6. The predicted molar refractivity (Wildman–Crippen MR) is 284 cm³/mol. The fourth-order valence-corrected chi connectivity index (χ4v) is 7.14. The molecule has 0 saturated carbocycles. The number of allylic oxidation sites excluding steroid dienone is 16. The van der Waals surface area contributed by atoms with Gasteiger partial charge in [-0.1, -0.05) is 201 Å². The van der Waals surface area contributed by atoms with Gasteiger partial charge in [-0.3, -0.25) is 14.4 Å². The molecule has 0 saturated heterocycles. The zero-order chi connectivity index (χ0) is 47.9. The average Bonchev–Trinajstić information content (AvgIpc) is 3.31. The van der Waals surface area contributed by atoms with Gasteiger partial charge in [0.15, 0.2) is 6.10 Å². The van der Waals surface area contributed by atoms with E-state index >= 15 is 0 Å². The first-order valence-corrected chi connectivity index (χ1v) is 27.2. The summed E-state index contributed by atoms with van der Waals surface area (Å²) in [7, 11) is 0. The van der Waals surface area contributed by atoms with Gasteiger partial charge in [-0.15, -0.1) is 0 Å². The summed E-state index contributed by atoms with van der Waals surface area (Å²) in [4.78, 5) is 38.0. The van der Waals surface area contributed by atoms with Gasteiger partial charge in [0.25, 0.3) is 0 Å². The van der Waals surface area contributed by atoms with Crippen LogP contribution in [-0.2, 0) is 28.6 Å². The van der Waals surface area contributed by atoms with Gasteiger partial charge in [-0.05, 0) is 122 Å². The third-order valence-corrected chi connectivity index (χ3v) is 11.3. The number of carbonyl (C=O) groups is 3. The Balaban J connectivity index is 4.49. The second-order valence-corrected chi connectivity index (χ2v) is 17.8. The zero-order valence-electron chi connectivity index (χ0n) is 42.9. The van der Waals surface area contributed by atoms with E-state index < -0.39 is 6.10 Å². The van der Waals surface area contributed by atoms with Gasteiger partial charge in [-0.25, -0.2) is 0 Å². The van der Waals surface area contributed by atoms with Crippen LogP contribution in [0.2, 0.25) is 0 Å². The van der Waals surface area contributed by atoms with Crippen LogP contribution in [0.15, 0.2) is 97.2 Å². The highest BCUT2D eigenvalue weighted by Gasteiger charge is 2.19. The van der Waals surface area contributed by atoms with Gasteiger partial charge in [0.2, 0.25) is 0 Å². The lowest BCUT2D eigenvalue weighted by atomic mass is 10.1. The average molecular weight is 917 g/mol. The fraction of sp³-hybridized carbons (Fsp3) is 0.683. The molecular weight excluding hydrogens is 817 g/mol. The lowest BCUT2D eigenvalue weighted by Gasteiger charge is -2.18. The van der Waals surface area contributed by atoms with Crippen molar-refractivity contribution in [1.29, 1.82) is 0 Å². The maximum atomic E-state index is 12.8. The molecule has 0 rings (SSSR count). The summed E-state index contributed by atoms with van der Waals surface area (Å²) < 4.78 is 16.8. The highest BCUT2D eigenvalue weighted by Crippen LogP contribution is 2.13. The molecule has 0 bridgehead atoms. The molecule has 0 N–H and O–H groups in total. The summed E-state index contributed by atoms with van der Waals surface area (Å²) >= 11 is 0. The first-order valence-electron chi connectivity index (χ1n) is 27.2. The Kier molecular flexibility index (Phi) is 50.9. The molecule has 0 heterocycles. The summed E-state index contributed by atoms with van der Waals surface area (Å²) in [6.07, 6.45) is 71.1. The zero-order valence-corrected chi connectivity index (χ0v) is 42.9. The second kappa shape index (κ2) is 53.9. The standard InChI is InChI=1S/C60H100O6/c1-4-7-10-13-16-19-22-25-27-29-30-32-33-35-38-41-44-47-50-53-59(62)65-56-57(55-64-58(61)52-49-46-43-40-37-24-21-18-15-12-9-6-3)66-60(63)54-51-48-45-42-39-36-34-31-28-26-23-20-17-14-11-8-5-2/h16-21,25-28,30,32,34,36,42,45,57H,4-15,22-24,29,31,33,35,37-41,43-44,46-56H2,1-3H3/b19-16-,20-17-,21-18-,27-25-,28-26-,32-30-,36-34-,45-42-/t57-/m1/s1. The number of esters is 3. The molecule has 0 spiro atoms. The van der Waals surface area contributed by atoms with Crippen molar-refractivity contribution in [2.24, 2.45) is 0 Å². The molecule has 6 nitrogen and oxygen atoms in total. The van der Waals surface area contributed by atoms with Crippen LogP contribution in [0.1, 0.15) is 245 Å². The first-order chi connectivity index (χ1) is 32.5. The van der Waals surface area contributed by atoms with Crippen molar-refractivity contribution in [3.63, 3.8) is 0 Å². The summed E-state index contributed by atoms with van der Waals surface area (Å²) in [5.41, 5.74) is 0. The van der Waals surface area contributed by atoms with Crippen molar-refractivity contribution in [1.82, 2.24) is 0 Å². The van der Waals surface area contributed by atoms with Crippen LogP contribution in [0.3, 0.4) is 0 Å². The smallest absolute Gasteiger partial charge is 0.306 e. The molecule has 0 aromatic carbocycles. The van der Waals surface area contributed by atoms with E-state index in [1.54, 1.807) is 0 Å². The number of ether oxygens (including phenoxy) is 3. The van der Waals surface area contributed by atoms with Gasteiger partial charge in [0.05, 0.1) is 0 Å². The van der Waals surface area contributed by atoms with Crippen LogP contribution < -0.4 is 0 Å². The van der Waals surface area contributed by atoms with Crippen molar-refractivity contribution < 1.29 is 28.6 Å². The number of hydrogen-bond acceptors (Lipinski definition) is 6. The SMILES string of the molecule is CCCCC/C=C\C/C=C\C/C=C\C/C=C\CCCC(=O)O[C@H](COC(=O)CCCCCCC/C=C\CCCCC)COC(=O)CCCCCCCC/C=C\C/C=C\C/C=C\CCCCC. The third-order valence-electron chi connectivity index (χ3n) is 11.3. The van der Waals surface area contributed by atoms with Crippen molar-refractivity contribution in [2.75, 3.05) is 13.2 Å². The normalized spacial score (nSPS) is 12.8. The summed E-state index contributed by atoms with van der Waals surface area (Å²) in [5.74, 6) is -0.988. The van der Waals surface area contributed by atoms with Crippen LogP contribution in [-0.4, -0.2) is 37.2 Å². The number of rotatable bonds is 48. The molecule has 0 aliphatic rings. The Labute approximate surface area is 407 Å². The Morgan fingerprint density at radius 3 is 0.909 bits per heavy atom. The van der Waals surface area contributed by atoms with Crippen molar-refractivity contribution in [3.05, 3.63) is 97.2 Å². The lowest BCUT2D eigenvalue weighted by Crippen LogP contribution is -2.30. The van der Waals surface area contributed by atoms with Crippen LogP contribution >= 0.6 is 0 Å². The number of unbranched alkanes of at least 4 members (excludes halogenated alkanes) is 21. The Morgan fingerprint density at radius 2 is 0.561 bits per heavy atom. The minimum Gasteiger partial charge on any atom is -0.462 e. The molecule has 376 valence electrons. The monoisotopic (exact) mass is 917 g/mol. The lowest BCUT2D eigenvalue weighted by molar-refractivity contribution is -0.167. The van der Waals surface area contributed by atoms with Gasteiger partial charge in [0.1, 0.15) is 13.2 Å². The van der Waals surface area contributed by atoms with Gasteiger partial charge >= 0.3 is 17.9 Å². The summed E-state index contributed by atoms with van der Waals surface area (Å²) in [6, 6.07) is 0. The molecule has 1 atom stereocenters. The van der Waals surface area contributed by atoms with E-state index in [0.29, 0.717) is 19.3 Å². The maximum Gasteiger partial charge on any atom is 0.306 e. The number of carbonyl (C=O) groups excluding carboxylic acids is 3. The van der Waals surface area contributed by atoms with E-state index in [9.17, 15) is 14.4 Å². The van der Waals surface area contributed by atoms with Gasteiger partial charge < -0.3 is 14.2 Å². The van der Waals surface area contributed by atoms with Gasteiger partial charge in [-0.2, -0.15) is 0 Å². The minimum absolute atomic E-state index is 0.109. The molecule has 0 aromatic heterocycles. The highest BCUT2D eigenvalue weighted by atomic mass is 16.6. The van der Waals surface area contributed by atoms with Crippen molar-refractivity contribution in [2.45, 2.75) is 252 Å². The molecule has 0 radical (unpaired) electrons. The van der Waals surface area contributed by atoms with Crippen LogP contribution in [0.5, 0.6) is 0 Å². The molecule has 0 aliphatic carbocycles. The topological polar surface area (TPSA) is 78.9 Å². The van der Waals surface area contributed by atoms with E-state index in [4.69, 9.17) is 14.2 Å². The molecule has 0 fully saturated rings. The molecule has 6 heteroatoms. The first kappa shape index (κ1) is 62.3. The Hall–Kier alpha value is -3.67. The van der Waals surface area contributed by atoms with Crippen LogP contribution in [0.25, 0.3) is 0 Å². The highest BCUT2D eigenvalue weighted by molar-refractivity contribution is 5.71. The summed E-state index contributed by atoms with van der Waals surface area (Å²) in [6.45, 7) is 6.49. The van der Waals surface area contributed by atoms with Crippen molar-refractivity contribution in [3.8, 4) is 0 Å². The van der Waals surface area contributed by atoms with E-state index in [2.05, 4.69) is 118 Å². The minimum atomic E-state index is -0.815. The summed E-state index contributed by atoms with van der Waals surface area (Å²) in [5, 5.41) is 0. The third kappa shape index (κ3) is 51.3. The molecule has 0 unspecified atom stereocenters. The van der Waals surface area contributed by atoms with Crippen LogP contribution in [0.4, 0.5) is 0 Å². The molecule has 66 heavy (non-hydrogen) atoms. The predicted octanol–water partition coefficient (Wildman–Crippen LogP) is 18.1. The molecule has 0 amide bonds. The second-order valence-electron chi connectivity index (χ2n) is 17.8. The van der Waals surface area contributed by atoms with Gasteiger partial charge in [0, 0.05) is 19.3 Å². The fourth-order valence-electron chi connectivity index (χ4n) is 7.14. The largest absolute Gasteiger partial charge is 0.462 e. The van der Waals surface area contributed by atoms with Crippen LogP contribution in [0, 0.1) is 0 Å². The Bertz CT molecular complexity index is 1330. The Morgan fingerprint density at radius 1 is 0.303 bits per heavy atom. The number of hydrogen-bond donors (Lipinski definition) is 0.